The van der Waals surface area contributed by atoms with E-state index in [1.54, 1.807) is 24.5 Å². The number of aromatic nitrogens is 5. The molecule has 47 heavy (non-hydrogen) atoms. The van der Waals surface area contributed by atoms with Crippen molar-refractivity contribution in [3.05, 3.63) is 66.1 Å². The van der Waals surface area contributed by atoms with Gasteiger partial charge in [0, 0.05) is 73.7 Å². The Morgan fingerprint density at radius 1 is 1.02 bits per heavy atom. The number of pyridine rings is 1. The second-order valence-electron chi connectivity index (χ2n) is 11.7. The molecule has 0 bridgehead atoms. The minimum atomic E-state index is -4.52. The molecule has 0 aliphatic carbocycles. The molecule has 1 atom stereocenters. The molecule has 4 heterocycles. The molecule has 2 amide bonds. The Morgan fingerprint density at radius 2 is 1.74 bits per heavy atom. The maximum absolute atomic E-state index is 15.0. The fraction of sp³-hybridized carbons (Fsp3) is 0.406. The number of piperidine rings is 1. The molecular weight excluding hydrogens is 618 g/mol. The Labute approximate surface area is 268 Å². The minimum Gasteiger partial charge on any atom is -0.369 e. The highest BCUT2D eigenvalue weighted by Crippen LogP contribution is 2.35. The van der Waals surface area contributed by atoms with Gasteiger partial charge in [0.05, 0.1) is 16.8 Å². The first-order valence-electron chi connectivity index (χ1n) is 15.2. The average Bonchev–Trinajstić information content (AvgIpc) is 3.07. The van der Waals surface area contributed by atoms with E-state index in [1.165, 1.54) is 36.6 Å². The lowest BCUT2D eigenvalue weighted by Crippen LogP contribution is -2.43. The fourth-order valence-electron chi connectivity index (χ4n) is 5.62. The smallest absolute Gasteiger partial charge is 0.369 e. The van der Waals surface area contributed by atoms with E-state index in [1.807, 2.05) is 13.8 Å². The van der Waals surface area contributed by atoms with E-state index in [9.17, 15) is 27.2 Å². The number of fused-ring (bicyclic) bond motifs is 1. The first kappa shape index (κ1) is 33.4. The topological polar surface area (TPSA) is 138 Å². The minimum absolute atomic E-state index is 0.0812. The number of amides is 2. The Kier molecular flexibility index (Phi) is 9.82. The van der Waals surface area contributed by atoms with Gasteiger partial charge in [0.1, 0.15) is 24.4 Å². The molecule has 5 rings (SSSR count). The number of carbonyl (C=O) groups is 2. The van der Waals surface area contributed by atoms with Crippen molar-refractivity contribution in [2.24, 2.45) is 0 Å². The predicted octanol–water partition coefficient (Wildman–Crippen LogP) is 5.12. The highest BCUT2D eigenvalue weighted by Gasteiger charge is 2.35. The number of carbonyl (C=O) groups excluding carboxylic acids is 2. The number of anilines is 2. The molecule has 3 N–H and O–H groups in total. The molecule has 3 aromatic heterocycles. The summed E-state index contributed by atoms with van der Waals surface area (Å²) in [5, 5.41) is 9.29. The molecule has 15 heteroatoms. The summed E-state index contributed by atoms with van der Waals surface area (Å²) in [5.74, 6) is -0.916. The van der Waals surface area contributed by atoms with Gasteiger partial charge < -0.3 is 20.9 Å². The van der Waals surface area contributed by atoms with Crippen molar-refractivity contribution in [1.29, 1.82) is 0 Å². The quantitative estimate of drug-likeness (QED) is 0.199. The molecule has 1 aromatic carbocycles. The monoisotopic (exact) mass is 653 g/mol. The van der Waals surface area contributed by atoms with Crippen LogP contribution in [0.15, 0.2) is 49.2 Å². The predicted molar refractivity (Wildman–Crippen MR) is 168 cm³/mol. The second kappa shape index (κ2) is 13.8. The summed E-state index contributed by atoms with van der Waals surface area (Å²) in [6.45, 7) is 4.93. The van der Waals surface area contributed by atoms with Crippen LogP contribution in [0.2, 0.25) is 0 Å². The molecule has 0 radical (unpaired) electrons. The molecule has 248 valence electrons. The van der Waals surface area contributed by atoms with Gasteiger partial charge >= 0.3 is 6.18 Å². The average molecular weight is 654 g/mol. The van der Waals surface area contributed by atoms with Crippen LogP contribution in [0.5, 0.6) is 0 Å². The second-order valence-corrected chi connectivity index (χ2v) is 11.7. The summed E-state index contributed by atoms with van der Waals surface area (Å²) in [5.41, 5.74) is 2.14. The first-order valence-corrected chi connectivity index (χ1v) is 15.2. The zero-order chi connectivity index (χ0) is 33.8. The third-order valence-electron chi connectivity index (χ3n) is 8.55. The van der Waals surface area contributed by atoms with E-state index >= 15 is 0 Å². The maximum atomic E-state index is 15.0. The van der Waals surface area contributed by atoms with Gasteiger partial charge in [-0.2, -0.15) is 13.2 Å². The number of rotatable bonds is 10. The van der Waals surface area contributed by atoms with E-state index in [0.29, 0.717) is 54.3 Å². The SMILES string of the molecule is CC[C@@](C)(CNc1cc(-c2cnc(NC3CCN(C(=O)CC(F)(F)F)CC3)nc2)ncn1)c1ccc(F)c2c(C(=O)NC)ccnc12. The maximum Gasteiger partial charge on any atom is 0.397 e. The van der Waals surface area contributed by atoms with Crippen LogP contribution in [0.4, 0.5) is 29.3 Å². The Bertz CT molecular complexity index is 1750. The third kappa shape index (κ3) is 7.72. The van der Waals surface area contributed by atoms with Crippen molar-refractivity contribution >= 4 is 34.5 Å². The summed E-state index contributed by atoms with van der Waals surface area (Å²) >= 11 is 0. The van der Waals surface area contributed by atoms with Crippen molar-refractivity contribution in [3.63, 3.8) is 0 Å². The summed E-state index contributed by atoms with van der Waals surface area (Å²) in [6, 6.07) is 6.26. The van der Waals surface area contributed by atoms with Crippen LogP contribution in [0.3, 0.4) is 0 Å². The number of nitrogens with zero attached hydrogens (tertiary/aromatic N) is 6. The van der Waals surface area contributed by atoms with Crippen LogP contribution < -0.4 is 16.0 Å². The van der Waals surface area contributed by atoms with Crippen molar-refractivity contribution in [2.75, 3.05) is 37.3 Å². The normalized spacial score (nSPS) is 15.3. The lowest BCUT2D eigenvalue weighted by molar-refractivity contribution is -0.162. The highest BCUT2D eigenvalue weighted by atomic mass is 19.4. The third-order valence-corrected chi connectivity index (χ3v) is 8.55. The van der Waals surface area contributed by atoms with Crippen molar-refractivity contribution < 1.29 is 27.2 Å². The molecule has 4 aromatic rings. The number of hydrogen-bond donors (Lipinski definition) is 3. The molecule has 0 spiro atoms. The highest BCUT2D eigenvalue weighted by molar-refractivity contribution is 6.06. The summed E-state index contributed by atoms with van der Waals surface area (Å²) < 4.78 is 52.7. The van der Waals surface area contributed by atoms with Crippen LogP contribution in [0.25, 0.3) is 22.2 Å². The lowest BCUT2D eigenvalue weighted by Gasteiger charge is -2.32. The zero-order valence-electron chi connectivity index (χ0n) is 26.2. The Balaban J connectivity index is 1.24. The zero-order valence-corrected chi connectivity index (χ0v) is 26.2. The summed E-state index contributed by atoms with van der Waals surface area (Å²) in [6.07, 6.45) is 1.82. The molecule has 1 aliphatic rings. The van der Waals surface area contributed by atoms with Gasteiger partial charge in [0.25, 0.3) is 5.91 Å². The molecule has 11 nitrogen and oxygen atoms in total. The number of alkyl halides is 3. The largest absolute Gasteiger partial charge is 0.397 e. The summed E-state index contributed by atoms with van der Waals surface area (Å²) in [4.78, 5) is 47.5. The molecule has 1 saturated heterocycles. The Morgan fingerprint density at radius 3 is 2.40 bits per heavy atom. The summed E-state index contributed by atoms with van der Waals surface area (Å²) in [7, 11) is 1.50. The van der Waals surface area contributed by atoms with Crippen LogP contribution in [0, 0.1) is 5.82 Å². The number of likely N-dealkylation sites (tertiary alicyclic amines) is 1. The van der Waals surface area contributed by atoms with Gasteiger partial charge in [-0.3, -0.25) is 14.6 Å². The van der Waals surface area contributed by atoms with E-state index < -0.39 is 35.6 Å². The number of hydrogen-bond acceptors (Lipinski definition) is 9. The number of nitrogens with one attached hydrogen (secondary N) is 3. The molecule has 0 unspecified atom stereocenters. The van der Waals surface area contributed by atoms with Crippen LogP contribution >= 0.6 is 0 Å². The van der Waals surface area contributed by atoms with Gasteiger partial charge in [-0.05, 0) is 37.0 Å². The van der Waals surface area contributed by atoms with E-state index in [0.717, 1.165) is 5.56 Å². The number of halogens is 4. The van der Waals surface area contributed by atoms with E-state index in [4.69, 9.17) is 0 Å². The van der Waals surface area contributed by atoms with Gasteiger partial charge in [-0.15, -0.1) is 0 Å². The lowest BCUT2D eigenvalue weighted by atomic mass is 9.78. The van der Waals surface area contributed by atoms with Crippen LogP contribution in [0.1, 0.15) is 55.5 Å². The Hall–Kier alpha value is -4.95. The fourth-order valence-corrected chi connectivity index (χ4v) is 5.62. The van der Waals surface area contributed by atoms with Gasteiger partial charge in [0.15, 0.2) is 0 Å². The van der Waals surface area contributed by atoms with Crippen LogP contribution in [-0.2, 0) is 10.2 Å². The molecule has 0 saturated carbocycles. The van der Waals surface area contributed by atoms with Crippen molar-refractivity contribution in [3.8, 4) is 11.3 Å². The standard InChI is InChI=1S/C32H35F4N9O2/c1-4-31(2,22-5-6-23(33)27-21(29(47)37-3)7-10-38-28(22)27)17-41-25-13-24(42-18-43-25)19-15-39-30(40-16-19)44-20-8-11-45(12-9-20)26(46)14-32(34,35)36/h5-7,10,13,15-16,18,20H,4,8-9,11-12,14,17H2,1-3H3,(H,37,47)(H,39,40,44)(H,41,42,43)/t31-/m0/s1. The first-order chi connectivity index (χ1) is 22.4. The van der Waals surface area contributed by atoms with Crippen molar-refractivity contribution in [2.45, 2.75) is 57.2 Å². The number of benzene rings is 1. The van der Waals surface area contributed by atoms with E-state index in [-0.39, 0.29) is 30.1 Å². The van der Waals surface area contributed by atoms with Crippen molar-refractivity contribution in [1.82, 2.24) is 35.1 Å². The molecular formula is C32H35F4N9O2. The van der Waals surface area contributed by atoms with Gasteiger partial charge in [-0.25, -0.2) is 24.3 Å². The van der Waals surface area contributed by atoms with Gasteiger partial charge in [-0.1, -0.05) is 19.9 Å². The van der Waals surface area contributed by atoms with Gasteiger partial charge in [0.2, 0.25) is 11.9 Å². The molecule has 1 fully saturated rings. The van der Waals surface area contributed by atoms with Crippen LogP contribution in [-0.4, -0.2) is 80.5 Å². The van der Waals surface area contributed by atoms with E-state index in [2.05, 4.69) is 40.9 Å². The molecule has 1 aliphatic heterocycles.